The topological polar surface area (TPSA) is 40.6 Å². The van der Waals surface area contributed by atoms with Crippen molar-refractivity contribution in [2.75, 3.05) is 24.5 Å². The van der Waals surface area contributed by atoms with Gasteiger partial charge in [0, 0.05) is 25.3 Å². The first-order chi connectivity index (χ1) is 10.2. The highest BCUT2D eigenvalue weighted by molar-refractivity contribution is 6.09. The molecule has 2 amide bonds. The van der Waals surface area contributed by atoms with Crippen LogP contribution in [0.5, 0.6) is 0 Å². The quantitative estimate of drug-likeness (QED) is 0.783. The van der Waals surface area contributed by atoms with Gasteiger partial charge in [-0.25, -0.2) is 4.39 Å². The van der Waals surface area contributed by atoms with E-state index in [1.165, 1.54) is 12.1 Å². The maximum Gasteiger partial charge on any atom is 0.239 e. The Kier molecular flexibility index (Phi) is 3.90. The molecule has 2 fully saturated rings. The maximum absolute atomic E-state index is 13.0. The van der Waals surface area contributed by atoms with Crippen molar-refractivity contribution in [3.8, 4) is 0 Å². The molecule has 0 saturated carbocycles. The Labute approximate surface area is 123 Å². The number of anilines is 1. The zero-order valence-electron chi connectivity index (χ0n) is 11.9. The van der Waals surface area contributed by atoms with E-state index in [-0.39, 0.29) is 17.6 Å². The van der Waals surface area contributed by atoms with Crippen LogP contribution in [0.4, 0.5) is 10.1 Å². The molecule has 2 aliphatic rings. The molecule has 0 N–H and O–H groups in total. The standard InChI is InChI=1S/C16H19FN2O2/c17-12-4-6-13(7-5-12)19-11-8-14(16(19)21)15(20)18-9-2-1-3-10-18/h4-7,14H,1-3,8-11H2/t14-/m0/s1. The van der Waals surface area contributed by atoms with Crippen LogP contribution in [-0.2, 0) is 9.59 Å². The number of carbonyl (C=O) groups excluding carboxylic acids is 2. The highest BCUT2D eigenvalue weighted by Gasteiger charge is 2.39. The summed E-state index contributed by atoms with van der Waals surface area (Å²) < 4.78 is 13.0. The Bertz CT molecular complexity index is 538. The number of hydrogen-bond donors (Lipinski definition) is 0. The molecule has 2 saturated heterocycles. The Morgan fingerprint density at radius 1 is 1.05 bits per heavy atom. The van der Waals surface area contributed by atoms with Gasteiger partial charge < -0.3 is 9.80 Å². The lowest BCUT2D eigenvalue weighted by molar-refractivity contribution is -0.140. The largest absolute Gasteiger partial charge is 0.342 e. The van der Waals surface area contributed by atoms with Crippen molar-refractivity contribution < 1.29 is 14.0 Å². The summed E-state index contributed by atoms with van der Waals surface area (Å²) >= 11 is 0. The summed E-state index contributed by atoms with van der Waals surface area (Å²) in [6, 6.07) is 5.84. The monoisotopic (exact) mass is 290 g/mol. The van der Waals surface area contributed by atoms with Crippen molar-refractivity contribution in [1.29, 1.82) is 0 Å². The van der Waals surface area contributed by atoms with Gasteiger partial charge in [0.25, 0.3) is 0 Å². The van der Waals surface area contributed by atoms with Gasteiger partial charge in [-0.05, 0) is 49.9 Å². The molecule has 21 heavy (non-hydrogen) atoms. The highest BCUT2D eigenvalue weighted by atomic mass is 19.1. The van der Waals surface area contributed by atoms with Gasteiger partial charge in [0.2, 0.25) is 11.8 Å². The number of piperidine rings is 1. The molecule has 112 valence electrons. The average Bonchev–Trinajstić information content (AvgIpc) is 2.90. The van der Waals surface area contributed by atoms with Crippen molar-refractivity contribution in [2.45, 2.75) is 25.7 Å². The van der Waals surface area contributed by atoms with Crippen LogP contribution in [0.2, 0.25) is 0 Å². The van der Waals surface area contributed by atoms with E-state index in [0.717, 1.165) is 32.4 Å². The summed E-state index contributed by atoms with van der Waals surface area (Å²) in [5, 5.41) is 0. The first kappa shape index (κ1) is 14.0. The van der Waals surface area contributed by atoms with E-state index in [1.54, 1.807) is 17.0 Å². The summed E-state index contributed by atoms with van der Waals surface area (Å²) in [6.07, 6.45) is 3.75. The third-order valence-electron chi connectivity index (χ3n) is 4.31. The van der Waals surface area contributed by atoms with Crippen LogP contribution >= 0.6 is 0 Å². The number of rotatable bonds is 2. The second-order valence-corrected chi connectivity index (χ2v) is 5.69. The maximum atomic E-state index is 13.0. The third kappa shape index (κ3) is 2.77. The van der Waals surface area contributed by atoms with E-state index in [1.807, 2.05) is 4.90 Å². The lowest BCUT2D eigenvalue weighted by Crippen LogP contribution is -2.42. The van der Waals surface area contributed by atoms with Gasteiger partial charge in [-0.2, -0.15) is 0 Å². The van der Waals surface area contributed by atoms with Crippen molar-refractivity contribution in [2.24, 2.45) is 5.92 Å². The average molecular weight is 290 g/mol. The summed E-state index contributed by atoms with van der Waals surface area (Å²) in [7, 11) is 0. The van der Waals surface area contributed by atoms with Crippen LogP contribution in [0, 0.1) is 11.7 Å². The molecule has 0 aliphatic carbocycles. The number of benzene rings is 1. The molecule has 2 heterocycles. The fourth-order valence-corrected chi connectivity index (χ4v) is 3.12. The van der Waals surface area contributed by atoms with E-state index in [9.17, 15) is 14.0 Å². The summed E-state index contributed by atoms with van der Waals surface area (Å²) in [5.74, 6) is -1.08. The summed E-state index contributed by atoms with van der Waals surface area (Å²) in [4.78, 5) is 28.3. The van der Waals surface area contributed by atoms with E-state index in [0.29, 0.717) is 18.7 Å². The molecule has 0 spiro atoms. The molecule has 2 aliphatic heterocycles. The van der Waals surface area contributed by atoms with Gasteiger partial charge in [0.05, 0.1) is 0 Å². The number of likely N-dealkylation sites (tertiary alicyclic amines) is 1. The molecule has 1 atom stereocenters. The smallest absolute Gasteiger partial charge is 0.239 e. The zero-order chi connectivity index (χ0) is 14.8. The number of halogens is 1. The number of carbonyl (C=O) groups is 2. The first-order valence-electron chi connectivity index (χ1n) is 7.52. The van der Waals surface area contributed by atoms with E-state index in [4.69, 9.17) is 0 Å². The summed E-state index contributed by atoms with van der Waals surface area (Å²) in [6.45, 7) is 2.05. The minimum atomic E-state index is -0.562. The second-order valence-electron chi connectivity index (χ2n) is 5.69. The minimum Gasteiger partial charge on any atom is -0.342 e. The molecule has 4 nitrogen and oxygen atoms in total. The second kappa shape index (κ2) is 5.84. The molecule has 3 rings (SSSR count). The van der Waals surface area contributed by atoms with E-state index >= 15 is 0 Å². The predicted octanol–water partition coefficient (Wildman–Crippen LogP) is 2.19. The number of amides is 2. The van der Waals surface area contributed by atoms with Crippen LogP contribution < -0.4 is 4.90 Å². The van der Waals surface area contributed by atoms with Crippen LogP contribution in [-0.4, -0.2) is 36.3 Å². The van der Waals surface area contributed by atoms with Crippen LogP contribution in [0.1, 0.15) is 25.7 Å². The number of hydrogen-bond acceptors (Lipinski definition) is 2. The van der Waals surface area contributed by atoms with Gasteiger partial charge in [0.1, 0.15) is 11.7 Å². The Balaban J connectivity index is 1.71. The number of nitrogens with zero attached hydrogens (tertiary/aromatic N) is 2. The van der Waals surface area contributed by atoms with Crippen LogP contribution in [0.3, 0.4) is 0 Å². The van der Waals surface area contributed by atoms with Crippen molar-refractivity contribution in [1.82, 2.24) is 4.90 Å². The lowest BCUT2D eigenvalue weighted by atomic mass is 10.0. The van der Waals surface area contributed by atoms with Crippen molar-refractivity contribution >= 4 is 17.5 Å². The van der Waals surface area contributed by atoms with Crippen molar-refractivity contribution in [3.63, 3.8) is 0 Å². The fraction of sp³-hybridized carbons (Fsp3) is 0.500. The minimum absolute atomic E-state index is 0.0377. The molecule has 0 radical (unpaired) electrons. The normalized spacial score (nSPS) is 22.7. The van der Waals surface area contributed by atoms with Crippen LogP contribution in [0.15, 0.2) is 24.3 Å². The Hall–Kier alpha value is -1.91. The van der Waals surface area contributed by atoms with Gasteiger partial charge in [0.15, 0.2) is 0 Å². The predicted molar refractivity (Wildman–Crippen MR) is 77.3 cm³/mol. The Morgan fingerprint density at radius 2 is 1.71 bits per heavy atom. The first-order valence-corrected chi connectivity index (χ1v) is 7.52. The molecule has 0 bridgehead atoms. The van der Waals surface area contributed by atoms with E-state index in [2.05, 4.69) is 0 Å². The molecule has 1 aromatic carbocycles. The van der Waals surface area contributed by atoms with Gasteiger partial charge >= 0.3 is 0 Å². The van der Waals surface area contributed by atoms with Gasteiger partial charge in [-0.15, -0.1) is 0 Å². The van der Waals surface area contributed by atoms with Gasteiger partial charge in [-0.1, -0.05) is 0 Å². The fourth-order valence-electron chi connectivity index (χ4n) is 3.12. The molecular weight excluding hydrogens is 271 g/mol. The third-order valence-corrected chi connectivity index (χ3v) is 4.31. The molecular formula is C16H19FN2O2. The molecule has 0 aromatic heterocycles. The molecule has 5 heteroatoms. The molecule has 0 unspecified atom stereocenters. The van der Waals surface area contributed by atoms with Crippen LogP contribution in [0.25, 0.3) is 0 Å². The highest BCUT2D eigenvalue weighted by Crippen LogP contribution is 2.27. The SMILES string of the molecule is O=C([C@@H]1CCN(c2ccc(F)cc2)C1=O)N1CCCCC1. The zero-order valence-corrected chi connectivity index (χ0v) is 11.9. The van der Waals surface area contributed by atoms with E-state index < -0.39 is 5.92 Å². The molecule has 1 aromatic rings. The lowest BCUT2D eigenvalue weighted by Gasteiger charge is -2.28. The Morgan fingerprint density at radius 3 is 2.38 bits per heavy atom. The van der Waals surface area contributed by atoms with Crippen molar-refractivity contribution in [3.05, 3.63) is 30.1 Å². The summed E-state index contributed by atoms with van der Waals surface area (Å²) in [5.41, 5.74) is 0.662. The van der Waals surface area contributed by atoms with Gasteiger partial charge in [-0.3, -0.25) is 9.59 Å².